The third kappa shape index (κ3) is 4.02. The first kappa shape index (κ1) is 14.6. The van der Waals surface area contributed by atoms with Crippen LogP contribution in [-0.2, 0) is 6.42 Å². The molecule has 1 aromatic carbocycles. The molecule has 0 saturated heterocycles. The van der Waals surface area contributed by atoms with Gasteiger partial charge in [0.15, 0.2) is 0 Å². The molecular weight excluding hydrogens is 276 g/mol. The van der Waals surface area contributed by atoms with Crippen LogP contribution in [0.5, 0.6) is 5.75 Å². The molecule has 96 valence electrons. The number of benzene rings is 1. The number of para-hydroxylation sites is 1. The van der Waals surface area contributed by atoms with Gasteiger partial charge in [0.25, 0.3) is 0 Å². The van der Waals surface area contributed by atoms with E-state index in [0.29, 0.717) is 5.92 Å². The summed E-state index contributed by atoms with van der Waals surface area (Å²) in [5.41, 5.74) is 1.33. The average Bonchev–Trinajstić information content (AvgIpc) is 2.39. The Kier molecular flexibility index (Phi) is 6.64. The maximum Gasteiger partial charge on any atom is 0.122 e. The van der Waals surface area contributed by atoms with Crippen LogP contribution in [0.25, 0.3) is 0 Å². The van der Waals surface area contributed by atoms with Crippen molar-refractivity contribution in [1.29, 1.82) is 0 Å². The zero-order valence-electron chi connectivity index (χ0n) is 11.1. The molecule has 0 aromatic heterocycles. The molecule has 1 atom stereocenters. The summed E-state index contributed by atoms with van der Waals surface area (Å²) in [5, 5.41) is 1.07. The van der Waals surface area contributed by atoms with Gasteiger partial charge in [-0.25, -0.2) is 0 Å². The first-order chi connectivity index (χ1) is 8.26. The SMILES string of the molecule is CCC(CC)C(CBr)Cc1ccccc1OC. The minimum atomic E-state index is 0.696. The first-order valence-electron chi connectivity index (χ1n) is 6.44. The second kappa shape index (κ2) is 7.75. The number of hydrogen-bond donors (Lipinski definition) is 0. The van der Waals surface area contributed by atoms with E-state index in [1.807, 2.05) is 12.1 Å². The van der Waals surface area contributed by atoms with Crippen LogP contribution in [-0.4, -0.2) is 12.4 Å². The summed E-state index contributed by atoms with van der Waals surface area (Å²) >= 11 is 3.66. The fraction of sp³-hybridized carbons (Fsp3) is 0.600. The van der Waals surface area contributed by atoms with Crippen molar-refractivity contribution in [2.45, 2.75) is 33.1 Å². The van der Waals surface area contributed by atoms with Gasteiger partial charge in [0.2, 0.25) is 0 Å². The van der Waals surface area contributed by atoms with E-state index < -0.39 is 0 Å². The van der Waals surface area contributed by atoms with Crippen LogP contribution in [0, 0.1) is 11.8 Å². The summed E-state index contributed by atoms with van der Waals surface area (Å²) in [6.07, 6.45) is 3.60. The second-order valence-electron chi connectivity index (χ2n) is 4.51. The lowest BCUT2D eigenvalue weighted by Crippen LogP contribution is -2.18. The lowest BCUT2D eigenvalue weighted by atomic mass is 9.84. The predicted octanol–water partition coefficient (Wildman–Crippen LogP) is 4.69. The first-order valence-corrected chi connectivity index (χ1v) is 7.56. The number of alkyl halides is 1. The lowest BCUT2D eigenvalue weighted by Gasteiger charge is -2.24. The van der Waals surface area contributed by atoms with Gasteiger partial charge in [0.1, 0.15) is 5.75 Å². The molecule has 0 bridgehead atoms. The van der Waals surface area contributed by atoms with Crippen molar-refractivity contribution in [3.63, 3.8) is 0 Å². The molecule has 1 unspecified atom stereocenters. The monoisotopic (exact) mass is 298 g/mol. The Morgan fingerprint density at radius 3 is 2.29 bits per heavy atom. The largest absolute Gasteiger partial charge is 0.496 e. The van der Waals surface area contributed by atoms with E-state index in [4.69, 9.17) is 4.74 Å². The summed E-state index contributed by atoms with van der Waals surface area (Å²) in [7, 11) is 1.75. The van der Waals surface area contributed by atoms with Crippen molar-refractivity contribution >= 4 is 15.9 Å². The Labute approximate surface area is 114 Å². The van der Waals surface area contributed by atoms with Gasteiger partial charge >= 0.3 is 0 Å². The van der Waals surface area contributed by atoms with E-state index in [1.54, 1.807) is 7.11 Å². The highest BCUT2D eigenvalue weighted by Crippen LogP contribution is 2.28. The zero-order chi connectivity index (χ0) is 12.7. The lowest BCUT2D eigenvalue weighted by molar-refractivity contribution is 0.336. The van der Waals surface area contributed by atoms with Crippen LogP contribution in [0.15, 0.2) is 24.3 Å². The van der Waals surface area contributed by atoms with E-state index in [-0.39, 0.29) is 0 Å². The molecule has 1 aromatic rings. The number of rotatable bonds is 7. The number of halogens is 1. The molecule has 0 radical (unpaired) electrons. The van der Waals surface area contributed by atoms with Gasteiger partial charge < -0.3 is 4.74 Å². The molecule has 1 rings (SSSR count). The quantitative estimate of drug-likeness (QED) is 0.664. The van der Waals surface area contributed by atoms with Crippen molar-refractivity contribution in [2.75, 3.05) is 12.4 Å². The van der Waals surface area contributed by atoms with Crippen molar-refractivity contribution in [3.8, 4) is 5.75 Å². The third-order valence-electron chi connectivity index (χ3n) is 3.59. The second-order valence-corrected chi connectivity index (χ2v) is 5.15. The fourth-order valence-corrected chi connectivity index (χ4v) is 3.21. The van der Waals surface area contributed by atoms with Crippen LogP contribution in [0.4, 0.5) is 0 Å². The average molecular weight is 299 g/mol. The normalized spacial score (nSPS) is 12.8. The molecule has 0 amide bonds. The van der Waals surface area contributed by atoms with Crippen molar-refractivity contribution in [3.05, 3.63) is 29.8 Å². The zero-order valence-corrected chi connectivity index (χ0v) is 12.7. The fourth-order valence-electron chi connectivity index (χ4n) is 2.46. The summed E-state index contributed by atoms with van der Waals surface area (Å²) < 4.78 is 5.42. The molecule has 0 spiro atoms. The van der Waals surface area contributed by atoms with Gasteiger partial charge in [-0.2, -0.15) is 0 Å². The van der Waals surface area contributed by atoms with Crippen LogP contribution >= 0.6 is 15.9 Å². The Morgan fingerprint density at radius 2 is 1.76 bits per heavy atom. The summed E-state index contributed by atoms with van der Waals surface area (Å²) in [4.78, 5) is 0. The van der Waals surface area contributed by atoms with E-state index in [9.17, 15) is 0 Å². The molecule has 0 saturated carbocycles. The molecule has 1 nitrogen and oxygen atoms in total. The molecule has 0 aliphatic rings. The van der Waals surface area contributed by atoms with Crippen molar-refractivity contribution < 1.29 is 4.74 Å². The molecule has 17 heavy (non-hydrogen) atoms. The smallest absolute Gasteiger partial charge is 0.122 e. The minimum absolute atomic E-state index is 0.696. The molecular formula is C15H23BrO. The van der Waals surface area contributed by atoms with Crippen LogP contribution in [0.2, 0.25) is 0 Å². The Morgan fingerprint density at radius 1 is 1.12 bits per heavy atom. The van der Waals surface area contributed by atoms with Gasteiger partial charge in [-0.1, -0.05) is 60.8 Å². The third-order valence-corrected chi connectivity index (χ3v) is 4.42. The summed E-state index contributed by atoms with van der Waals surface area (Å²) in [5.74, 6) is 2.50. The molecule has 0 fully saturated rings. The van der Waals surface area contributed by atoms with Crippen molar-refractivity contribution in [2.24, 2.45) is 11.8 Å². The topological polar surface area (TPSA) is 9.23 Å². The van der Waals surface area contributed by atoms with E-state index >= 15 is 0 Å². The van der Waals surface area contributed by atoms with Gasteiger partial charge in [0, 0.05) is 5.33 Å². The molecule has 0 aliphatic heterocycles. The Balaban J connectivity index is 2.79. The van der Waals surface area contributed by atoms with E-state index in [1.165, 1.54) is 18.4 Å². The summed E-state index contributed by atoms with van der Waals surface area (Å²) in [6.45, 7) is 4.57. The number of methoxy groups -OCH3 is 1. The summed E-state index contributed by atoms with van der Waals surface area (Å²) in [6, 6.07) is 8.35. The predicted molar refractivity (Wildman–Crippen MR) is 78.1 cm³/mol. The molecule has 0 N–H and O–H groups in total. The Hall–Kier alpha value is -0.500. The number of hydrogen-bond acceptors (Lipinski definition) is 1. The van der Waals surface area contributed by atoms with Gasteiger partial charge in [-0.3, -0.25) is 0 Å². The highest BCUT2D eigenvalue weighted by Gasteiger charge is 2.19. The Bertz CT molecular complexity index is 320. The maximum atomic E-state index is 5.42. The van der Waals surface area contributed by atoms with Gasteiger partial charge in [-0.05, 0) is 29.9 Å². The van der Waals surface area contributed by atoms with E-state index in [0.717, 1.165) is 23.4 Å². The van der Waals surface area contributed by atoms with Crippen molar-refractivity contribution in [1.82, 2.24) is 0 Å². The minimum Gasteiger partial charge on any atom is -0.496 e. The molecule has 0 aliphatic carbocycles. The van der Waals surface area contributed by atoms with Crippen LogP contribution in [0.1, 0.15) is 32.3 Å². The van der Waals surface area contributed by atoms with Crippen LogP contribution in [0.3, 0.4) is 0 Å². The van der Waals surface area contributed by atoms with Gasteiger partial charge in [0.05, 0.1) is 7.11 Å². The molecule has 0 heterocycles. The highest BCUT2D eigenvalue weighted by molar-refractivity contribution is 9.09. The molecule has 2 heteroatoms. The van der Waals surface area contributed by atoms with Crippen LogP contribution < -0.4 is 4.74 Å². The number of ether oxygens (including phenoxy) is 1. The van der Waals surface area contributed by atoms with Gasteiger partial charge in [-0.15, -0.1) is 0 Å². The van der Waals surface area contributed by atoms with E-state index in [2.05, 4.69) is 41.9 Å². The standard InChI is InChI=1S/C15H23BrO/c1-4-12(5-2)14(11-16)10-13-8-6-7-9-15(13)17-3/h6-9,12,14H,4-5,10-11H2,1-3H3. The maximum absolute atomic E-state index is 5.42. The highest BCUT2D eigenvalue weighted by atomic mass is 79.9.